The van der Waals surface area contributed by atoms with Gasteiger partial charge in [-0.25, -0.2) is 4.39 Å². The van der Waals surface area contributed by atoms with Crippen LogP contribution in [0, 0.1) is 11.7 Å². The number of rotatable bonds is 3. The van der Waals surface area contributed by atoms with Gasteiger partial charge in [0.1, 0.15) is 5.82 Å². The maximum absolute atomic E-state index is 13.4. The molecule has 104 valence electrons. The number of nitrogens with zero attached hydrogens (tertiary/aromatic N) is 1. The van der Waals surface area contributed by atoms with Crippen molar-refractivity contribution in [3.05, 3.63) is 35.6 Å². The van der Waals surface area contributed by atoms with Gasteiger partial charge in [-0.05, 0) is 41.5 Å². The molecule has 1 aromatic carbocycles. The Kier molecular flexibility index (Phi) is 4.41. The van der Waals surface area contributed by atoms with Crippen LogP contribution in [0.5, 0.6) is 0 Å². The molecule has 0 aliphatic carbocycles. The fourth-order valence-electron chi connectivity index (χ4n) is 3.07. The van der Waals surface area contributed by atoms with E-state index in [2.05, 4.69) is 28.0 Å². The monoisotopic (exact) mass is 280 g/mol. The molecule has 2 aliphatic heterocycles. The van der Waals surface area contributed by atoms with Gasteiger partial charge >= 0.3 is 0 Å². The van der Waals surface area contributed by atoms with Crippen molar-refractivity contribution in [1.29, 1.82) is 0 Å². The molecule has 0 bridgehead atoms. The molecule has 2 unspecified atom stereocenters. The molecular weight excluding hydrogens is 259 g/mol. The molecule has 0 amide bonds. The first-order valence-corrected chi connectivity index (χ1v) is 8.26. The first kappa shape index (κ1) is 13.4. The van der Waals surface area contributed by atoms with Crippen molar-refractivity contribution >= 4 is 11.8 Å². The third kappa shape index (κ3) is 3.30. The molecule has 2 fully saturated rings. The molecule has 4 heteroatoms. The topological polar surface area (TPSA) is 15.3 Å². The van der Waals surface area contributed by atoms with Crippen molar-refractivity contribution in [2.45, 2.75) is 12.5 Å². The van der Waals surface area contributed by atoms with Gasteiger partial charge in [0.05, 0.1) is 0 Å². The van der Waals surface area contributed by atoms with Crippen LogP contribution in [0.4, 0.5) is 4.39 Å². The Balaban J connectivity index is 1.72. The zero-order valence-electron chi connectivity index (χ0n) is 11.1. The van der Waals surface area contributed by atoms with Gasteiger partial charge in [0, 0.05) is 32.2 Å². The molecule has 0 spiro atoms. The van der Waals surface area contributed by atoms with Crippen LogP contribution in [0.1, 0.15) is 18.0 Å². The molecule has 0 radical (unpaired) electrons. The first-order chi connectivity index (χ1) is 9.33. The van der Waals surface area contributed by atoms with E-state index in [1.165, 1.54) is 24.0 Å². The van der Waals surface area contributed by atoms with E-state index in [1.54, 1.807) is 6.07 Å². The predicted octanol–water partition coefficient (Wildman–Crippen LogP) is 2.53. The van der Waals surface area contributed by atoms with Crippen molar-refractivity contribution in [2.24, 2.45) is 5.92 Å². The summed E-state index contributed by atoms with van der Waals surface area (Å²) in [5.41, 5.74) is 1.11. The molecule has 19 heavy (non-hydrogen) atoms. The van der Waals surface area contributed by atoms with Crippen molar-refractivity contribution < 1.29 is 4.39 Å². The molecular formula is C15H21FN2S. The Morgan fingerprint density at radius 1 is 1.42 bits per heavy atom. The van der Waals surface area contributed by atoms with E-state index in [1.807, 2.05) is 6.07 Å². The highest BCUT2D eigenvalue weighted by Gasteiger charge is 2.27. The Hall–Kier alpha value is -0.580. The van der Waals surface area contributed by atoms with Crippen molar-refractivity contribution in [1.82, 2.24) is 10.2 Å². The maximum Gasteiger partial charge on any atom is 0.123 e. The lowest BCUT2D eigenvalue weighted by Crippen LogP contribution is -2.47. The van der Waals surface area contributed by atoms with Crippen LogP contribution < -0.4 is 5.32 Å². The number of halogens is 1. The van der Waals surface area contributed by atoms with E-state index >= 15 is 0 Å². The van der Waals surface area contributed by atoms with Gasteiger partial charge in [-0.2, -0.15) is 11.8 Å². The Bertz CT molecular complexity index is 420. The Morgan fingerprint density at radius 3 is 3.16 bits per heavy atom. The first-order valence-electron chi connectivity index (χ1n) is 7.11. The Morgan fingerprint density at radius 2 is 2.37 bits per heavy atom. The number of nitrogens with one attached hydrogen (secondary N) is 1. The molecule has 2 heterocycles. The minimum absolute atomic E-state index is 0.126. The number of hydrogen-bond acceptors (Lipinski definition) is 3. The lowest BCUT2D eigenvalue weighted by molar-refractivity contribution is 0.142. The van der Waals surface area contributed by atoms with Gasteiger partial charge in [-0.15, -0.1) is 0 Å². The second-order valence-electron chi connectivity index (χ2n) is 5.50. The lowest BCUT2D eigenvalue weighted by atomic mass is 10.0. The SMILES string of the molecule is Fc1cccc(C2CNCCN2CC2CCSC2)c1. The number of hydrogen-bond donors (Lipinski definition) is 1. The van der Waals surface area contributed by atoms with Crippen molar-refractivity contribution in [3.8, 4) is 0 Å². The van der Waals surface area contributed by atoms with E-state index in [4.69, 9.17) is 0 Å². The van der Waals surface area contributed by atoms with E-state index in [9.17, 15) is 4.39 Å². The summed E-state index contributed by atoms with van der Waals surface area (Å²) in [5.74, 6) is 3.29. The normalized spacial score (nSPS) is 28.7. The second kappa shape index (κ2) is 6.25. The molecule has 2 atom stereocenters. The number of piperazine rings is 1. The van der Waals surface area contributed by atoms with E-state index in [0.717, 1.165) is 37.7 Å². The summed E-state index contributed by atoms with van der Waals surface area (Å²) < 4.78 is 13.4. The zero-order chi connectivity index (χ0) is 13.1. The summed E-state index contributed by atoms with van der Waals surface area (Å²) in [4.78, 5) is 2.54. The van der Waals surface area contributed by atoms with Crippen molar-refractivity contribution in [3.63, 3.8) is 0 Å². The molecule has 2 nitrogen and oxygen atoms in total. The zero-order valence-corrected chi connectivity index (χ0v) is 12.0. The van der Waals surface area contributed by atoms with Gasteiger partial charge in [0.25, 0.3) is 0 Å². The lowest BCUT2D eigenvalue weighted by Gasteiger charge is -2.38. The molecule has 2 aliphatic rings. The largest absolute Gasteiger partial charge is 0.314 e. The molecule has 1 aromatic rings. The highest BCUT2D eigenvalue weighted by molar-refractivity contribution is 7.99. The third-order valence-corrected chi connectivity index (χ3v) is 5.34. The molecule has 3 rings (SSSR count). The Labute approximate surface area is 118 Å². The average Bonchev–Trinajstić information content (AvgIpc) is 2.92. The fourth-order valence-corrected chi connectivity index (χ4v) is 4.34. The van der Waals surface area contributed by atoms with Crippen LogP contribution in [0.2, 0.25) is 0 Å². The summed E-state index contributed by atoms with van der Waals surface area (Å²) in [6.07, 6.45) is 1.34. The average molecular weight is 280 g/mol. The van der Waals surface area contributed by atoms with Crippen LogP contribution in [-0.4, -0.2) is 42.6 Å². The minimum atomic E-state index is -0.126. The van der Waals surface area contributed by atoms with Gasteiger partial charge < -0.3 is 5.32 Å². The number of thioether (sulfide) groups is 1. The second-order valence-corrected chi connectivity index (χ2v) is 6.65. The smallest absolute Gasteiger partial charge is 0.123 e. The standard InChI is InChI=1S/C15H21FN2S/c16-14-3-1-2-13(8-14)15-9-17-5-6-18(15)10-12-4-7-19-11-12/h1-3,8,12,15,17H,4-7,9-11H2. The quantitative estimate of drug-likeness (QED) is 0.916. The van der Waals surface area contributed by atoms with Gasteiger partial charge in [0.15, 0.2) is 0 Å². The van der Waals surface area contributed by atoms with Crippen molar-refractivity contribution in [2.75, 3.05) is 37.7 Å². The van der Waals surface area contributed by atoms with Crippen LogP contribution in [0.15, 0.2) is 24.3 Å². The predicted molar refractivity (Wildman–Crippen MR) is 79.0 cm³/mol. The van der Waals surface area contributed by atoms with Gasteiger partial charge in [0.2, 0.25) is 0 Å². The highest BCUT2D eigenvalue weighted by atomic mass is 32.2. The van der Waals surface area contributed by atoms with Crippen LogP contribution in [0.25, 0.3) is 0 Å². The molecule has 0 saturated carbocycles. The summed E-state index contributed by atoms with van der Waals surface area (Å²) >= 11 is 2.07. The van der Waals surface area contributed by atoms with E-state index in [-0.39, 0.29) is 5.82 Å². The summed E-state index contributed by atoms with van der Waals surface area (Å²) in [6.45, 7) is 4.22. The van der Waals surface area contributed by atoms with Crippen LogP contribution in [0.3, 0.4) is 0 Å². The summed E-state index contributed by atoms with van der Waals surface area (Å²) in [7, 11) is 0. The summed E-state index contributed by atoms with van der Waals surface area (Å²) in [6, 6.07) is 7.42. The van der Waals surface area contributed by atoms with Crippen LogP contribution in [-0.2, 0) is 0 Å². The minimum Gasteiger partial charge on any atom is -0.314 e. The maximum atomic E-state index is 13.4. The summed E-state index contributed by atoms with van der Waals surface area (Å²) in [5, 5.41) is 3.44. The molecule has 0 aromatic heterocycles. The number of benzene rings is 1. The van der Waals surface area contributed by atoms with Crippen LogP contribution >= 0.6 is 11.8 Å². The fraction of sp³-hybridized carbons (Fsp3) is 0.600. The van der Waals surface area contributed by atoms with E-state index in [0.29, 0.717) is 6.04 Å². The molecule has 2 saturated heterocycles. The van der Waals surface area contributed by atoms with E-state index < -0.39 is 0 Å². The third-order valence-electron chi connectivity index (χ3n) is 4.10. The molecule has 1 N–H and O–H groups in total. The van der Waals surface area contributed by atoms with Gasteiger partial charge in [-0.3, -0.25) is 4.90 Å². The van der Waals surface area contributed by atoms with Gasteiger partial charge in [-0.1, -0.05) is 12.1 Å². The highest BCUT2D eigenvalue weighted by Crippen LogP contribution is 2.29.